The van der Waals surface area contributed by atoms with Crippen molar-refractivity contribution in [2.75, 3.05) is 31.1 Å². The van der Waals surface area contributed by atoms with Gasteiger partial charge in [-0.3, -0.25) is 4.90 Å². The van der Waals surface area contributed by atoms with Crippen molar-refractivity contribution in [3.8, 4) is 0 Å². The van der Waals surface area contributed by atoms with E-state index in [4.69, 9.17) is 4.63 Å². The van der Waals surface area contributed by atoms with E-state index in [2.05, 4.69) is 37.0 Å². The number of likely N-dealkylation sites (tertiary alicyclic amines) is 1. The van der Waals surface area contributed by atoms with Gasteiger partial charge in [0, 0.05) is 44.5 Å². The smallest absolute Gasteiger partial charge is 0.134 e. The van der Waals surface area contributed by atoms with Crippen LogP contribution in [0.2, 0.25) is 0 Å². The van der Waals surface area contributed by atoms with E-state index in [0.29, 0.717) is 11.8 Å². The van der Waals surface area contributed by atoms with Crippen LogP contribution in [0.25, 0.3) is 0 Å². The number of rotatable bonds is 3. The van der Waals surface area contributed by atoms with Gasteiger partial charge in [0.1, 0.15) is 23.5 Å². The molecule has 2 aromatic rings. The molecule has 22 heavy (non-hydrogen) atoms. The highest BCUT2D eigenvalue weighted by Gasteiger charge is 2.40. The molecule has 2 unspecified atom stereocenters. The van der Waals surface area contributed by atoms with E-state index in [1.807, 2.05) is 13.1 Å². The minimum Gasteiger partial charge on any atom is -0.356 e. The van der Waals surface area contributed by atoms with E-state index in [-0.39, 0.29) is 0 Å². The van der Waals surface area contributed by atoms with Crippen molar-refractivity contribution in [1.29, 1.82) is 0 Å². The Balaban J connectivity index is 1.40. The molecule has 0 N–H and O–H groups in total. The first kappa shape index (κ1) is 13.6. The second-order valence-corrected chi connectivity index (χ2v) is 6.44. The van der Waals surface area contributed by atoms with Gasteiger partial charge >= 0.3 is 0 Å². The number of hydrogen-bond donors (Lipinski definition) is 0. The second-order valence-electron chi connectivity index (χ2n) is 6.44. The molecule has 4 heterocycles. The first-order chi connectivity index (χ1) is 10.7. The Hall–Kier alpha value is -2.02. The molecular weight excluding hydrogens is 280 g/mol. The van der Waals surface area contributed by atoms with E-state index in [0.717, 1.165) is 55.5 Å². The minimum atomic E-state index is 0.703. The van der Waals surface area contributed by atoms with E-state index in [1.54, 1.807) is 6.33 Å². The molecule has 0 amide bonds. The summed E-state index contributed by atoms with van der Waals surface area (Å²) in [5.41, 5.74) is 3.02. The molecular formula is C15H20N6O. The molecule has 0 aromatic carbocycles. The van der Waals surface area contributed by atoms with Gasteiger partial charge in [-0.15, -0.1) is 0 Å². The average Bonchev–Trinajstić information content (AvgIpc) is 3.15. The van der Waals surface area contributed by atoms with Gasteiger partial charge in [0.05, 0.1) is 0 Å². The quantitative estimate of drug-likeness (QED) is 0.838. The van der Waals surface area contributed by atoms with Crippen LogP contribution in [0.5, 0.6) is 0 Å². The maximum absolute atomic E-state index is 4.79. The van der Waals surface area contributed by atoms with Gasteiger partial charge in [-0.25, -0.2) is 14.6 Å². The van der Waals surface area contributed by atoms with Crippen LogP contribution in [0, 0.1) is 25.7 Å². The number of fused-ring (bicyclic) bond motifs is 1. The Kier molecular flexibility index (Phi) is 3.29. The lowest BCUT2D eigenvalue weighted by atomic mass is 10.0. The molecule has 2 aliphatic rings. The number of anilines is 1. The molecule has 0 radical (unpaired) electrons. The summed E-state index contributed by atoms with van der Waals surface area (Å²) >= 11 is 0. The van der Waals surface area contributed by atoms with Gasteiger partial charge in [0.2, 0.25) is 0 Å². The lowest BCUT2D eigenvalue weighted by Gasteiger charge is -2.22. The van der Waals surface area contributed by atoms with E-state index in [9.17, 15) is 0 Å². The fourth-order valence-corrected chi connectivity index (χ4v) is 3.72. The van der Waals surface area contributed by atoms with Crippen LogP contribution < -0.4 is 4.90 Å². The highest BCUT2D eigenvalue weighted by atomic mass is 16.6. The molecule has 2 fully saturated rings. The highest BCUT2D eigenvalue weighted by Crippen LogP contribution is 2.34. The lowest BCUT2D eigenvalue weighted by Crippen LogP contribution is -2.29. The third-order valence-electron chi connectivity index (χ3n) is 4.85. The Morgan fingerprint density at radius 1 is 1.14 bits per heavy atom. The zero-order valence-corrected chi connectivity index (χ0v) is 12.9. The van der Waals surface area contributed by atoms with Crippen molar-refractivity contribution in [2.24, 2.45) is 11.8 Å². The summed E-state index contributed by atoms with van der Waals surface area (Å²) in [6.07, 6.45) is 3.53. The fourth-order valence-electron chi connectivity index (χ4n) is 3.72. The molecule has 7 heteroatoms. The summed E-state index contributed by atoms with van der Waals surface area (Å²) in [4.78, 5) is 13.4. The Morgan fingerprint density at radius 2 is 1.91 bits per heavy atom. The summed E-state index contributed by atoms with van der Waals surface area (Å²) in [6.45, 7) is 9.24. The van der Waals surface area contributed by atoms with E-state index in [1.165, 1.54) is 0 Å². The van der Waals surface area contributed by atoms with Crippen LogP contribution in [-0.2, 0) is 6.54 Å². The molecule has 0 saturated carbocycles. The molecule has 2 aliphatic heterocycles. The van der Waals surface area contributed by atoms with Crippen LogP contribution in [0.3, 0.4) is 0 Å². The van der Waals surface area contributed by atoms with Crippen LogP contribution >= 0.6 is 0 Å². The third kappa shape index (κ3) is 2.35. The van der Waals surface area contributed by atoms with Gasteiger partial charge in [0.25, 0.3) is 0 Å². The monoisotopic (exact) mass is 300 g/mol. The molecule has 0 bridgehead atoms. The van der Waals surface area contributed by atoms with Crippen molar-refractivity contribution in [2.45, 2.75) is 20.4 Å². The van der Waals surface area contributed by atoms with Gasteiger partial charge in [0.15, 0.2) is 0 Å². The summed E-state index contributed by atoms with van der Waals surface area (Å²) in [6, 6.07) is 0. The van der Waals surface area contributed by atoms with Crippen LogP contribution in [0.15, 0.2) is 17.2 Å². The zero-order valence-electron chi connectivity index (χ0n) is 12.9. The van der Waals surface area contributed by atoms with Crippen LogP contribution in [0.4, 0.5) is 5.82 Å². The van der Waals surface area contributed by atoms with Crippen LogP contribution in [0.1, 0.15) is 17.0 Å². The van der Waals surface area contributed by atoms with E-state index >= 15 is 0 Å². The minimum absolute atomic E-state index is 0.703. The summed E-state index contributed by atoms with van der Waals surface area (Å²) in [5, 5.41) is 7.85. The number of aryl methyl sites for hydroxylation is 2. The van der Waals surface area contributed by atoms with Crippen molar-refractivity contribution < 1.29 is 4.63 Å². The molecule has 0 spiro atoms. The lowest BCUT2D eigenvalue weighted by molar-refractivity contribution is 0.275. The Morgan fingerprint density at radius 3 is 2.55 bits per heavy atom. The maximum atomic E-state index is 4.79. The zero-order chi connectivity index (χ0) is 15.1. The van der Waals surface area contributed by atoms with E-state index < -0.39 is 0 Å². The summed E-state index contributed by atoms with van der Waals surface area (Å²) in [7, 11) is 0. The fraction of sp³-hybridized carbons (Fsp3) is 0.600. The molecule has 0 aliphatic carbocycles. The first-order valence-electron chi connectivity index (χ1n) is 7.72. The largest absolute Gasteiger partial charge is 0.356 e. The Bertz CT molecular complexity index is 658. The summed E-state index contributed by atoms with van der Waals surface area (Å²) in [5.74, 6) is 2.50. The number of hydrogen-bond acceptors (Lipinski definition) is 7. The third-order valence-corrected chi connectivity index (χ3v) is 4.85. The van der Waals surface area contributed by atoms with Gasteiger partial charge in [-0.05, 0) is 25.7 Å². The predicted molar refractivity (Wildman–Crippen MR) is 80.3 cm³/mol. The number of nitrogens with zero attached hydrogens (tertiary/aromatic N) is 6. The number of aromatic nitrogens is 4. The predicted octanol–water partition coefficient (Wildman–Crippen LogP) is 1.04. The molecule has 7 nitrogen and oxygen atoms in total. The molecule has 2 atom stereocenters. The van der Waals surface area contributed by atoms with Crippen molar-refractivity contribution in [3.05, 3.63) is 29.5 Å². The Labute approximate surface area is 129 Å². The maximum Gasteiger partial charge on any atom is 0.134 e. The molecule has 2 saturated heterocycles. The SMILES string of the molecule is Cc1cncnc1N1CC2CN(Cc3nonc3C)CC2C1. The standard InChI is InChI=1S/C15H20N6O/c1-10-3-16-9-17-15(10)21-6-12-4-20(5-13(12)7-21)8-14-11(2)18-22-19-14/h3,9,12-13H,4-8H2,1-2H3. The van der Waals surface area contributed by atoms with Crippen LogP contribution in [-0.4, -0.2) is 51.4 Å². The molecule has 4 rings (SSSR count). The first-order valence-corrected chi connectivity index (χ1v) is 7.72. The van der Waals surface area contributed by atoms with Gasteiger partial charge in [-0.1, -0.05) is 10.3 Å². The molecule has 116 valence electrons. The van der Waals surface area contributed by atoms with Gasteiger partial charge < -0.3 is 4.90 Å². The summed E-state index contributed by atoms with van der Waals surface area (Å²) < 4.78 is 4.79. The topological polar surface area (TPSA) is 71.2 Å². The van der Waals surface area contributed by atoms with Crippen molar-refractivity contribution in [3.63, 3.8) is 0 Å². The van der Waals surface area contributed by atoms with Crippen molar-refractivity contribution in [1.82, 2.24) is 25.2 Å². The second kappa shape index (κ2) is 5.31. The van der Waals surface area contributed by atoms with Gasteiger partial charge in [-0.2, -0.15) is 0 Å². The highest BCUT2D eigenvalue weighted by molar-refractivity contribution is 5.46. The molecule has 2 aromatic heterocycles. The average molecular weight is 300 g/mol. The van der Waals surface area contributed by atoms with Crippen molar-refractivity contribution >= 4 is 5.82 Å². The normalized spacial score (nSPS) is 24.9.